The van der Waals surface area contributed by atoms with Crippen LogP contribution in [0.25, 0.3) is 0 Å². The number of hydrogen-bond acceptors (Lipinski definition) is 1. The minimum Gasteiger partial charge on any atom is -0.317 e. The molecule has 0 N–H and O–H groups in total. The fraction of sp³-hybridized carbons (Fsp3) is 0.667. The van der Waals surface area contributed by atoms with Crippen LogP contribution in [-0.2, 0) is 4.79 Å². The smallest absolute Gasteiger partial charge is 0.223 e. The third-order valence-corrected chi connectivity index (χ3v) is 2.08. The molecule has 1 heterocycles. The average molecular weight is 153 g/mol. The van der Waals surface area contributed by atoms with Gasteiger partial charge in [-0.15, -0.1) is 0 Å². The van der Waals surface area contributed by atoms with Gasteiger partial charge in [0, 0.05) is 19.2 Å². The SMILES string of the molecule is CC(=O)N1CCCC1=C(C)C. The van der Waals surface area contributed by atoms with Gasteiger partial charge in [0.25, 0.3) is 0 Å². The molecule has 1 saturated heterocycles. The summed E-state index contributed by atoms with van der Waals surface area (Å²) in [6, 6.07) is 0. The number of nitrogens with zero attached hydrogens (tertiary/aromatic N) is 1. The van der Waals surface area contributed by atoms with E-state index in [4.69, 9.17) is 0 Å². The van der Waals surface area contributed by atoms with Gasteiger partial charge in [-0.05, 0) is 26.7 Å². The Bertz CT molecular complexity index is 202. The molecule has 0 saturated carbocycles. The van der Waals surface area contributed by atoms with Crippen LogP contribution in [0.2, 0.25) is 0 Å². The molecule has 1 rings (SSSR count). The maximum absolute atomic E-state index is 11.1. The molecule has 11 heavy (non-hydrogen) atoms. The zero-order valence-electron chi connectivity index (χ0n) is 7.48. The molecule has 0 atom stereocenters. The maximum atomic E-state index is 11.1. The molecule has 0 bridgehead atoms. The quantitative estimate of drug-likeness (QED) is 0.520. The Hall–Kier alpha value is -0.790. The molecule has 0 aromatic rings. The van der Waals surface area contributed by atoms with Crippen molar-refractivity contribution in [1.82, 2.24) is 4.90 Å². The molecule has 1 aliphatic rings. The van der Waals surface area contributed by atoms with E-state index < -0.39 is 0 Å². The highest BCUT2D eigenvalue weighted by Crippen LogP contribution is 2.23. The van der Waals surface area contributed by atoms with E-state index in [2.05, 4.69) is 13.8 Å². The summed E-state index contributed by atoms with van der Waals surface area (Å²) >= 11 is 0. The van der Waals surface area contributed by atoms with Gasteiger partial charge < -0.3 is 4.90 Å². The van der Waals surface area contributed by atoms with E-state index in [1.807, 2.05) is 4.90 Å². The zero-order valence-corrected chi connectivity index (χ0v) is 7.48. The van der Waals surface area contributed by atoms with E-state index in [0.717, 1.165) is 19.4 Å². The van der Waals surface area contributed by atoms with Gasteiger partial charge in [-0.3, -0.25) is 4.79 Å². The van der Waals surface area contributed by atoms with Crippen LogP contribution in [-0.4, -0.2) is 17.4 Å². The lowest BCUT2D eigenvalue weighted by molar-refractivity contribution is -0.126. The molecule has 0 aromatic carbocycles. The third-order valence-electron chi connectivity index (χ3n) is 2.08. The van der Waals surface area contributed by atoms with Crippen LogP contribution < -0.4 is 0 Å². The van der Waals surface area contributed by atoms with Crippen molar-refractivity contribution in [2.24, 2.45) is 0 Å². The molecule has 0 spiro atoms. The average Bonchev–Trinajstić information content (AvgIpc) is 2.32. The van der Waals surface area contributed by atoms with Crippen molar-refractivity contribution in [1.29, 1.82) is 0 Å². The first kappa shape index (κ1) is 8.31. The Labute approximate surface area is 67.9 Å². The second-order valence-electron chi connectivity index (χ2n) is 3.22. The summed E-state index contributed by atoms with van der Waals surface area (Å²) in [5, 5.41) is 0. The van der Waals surface area contributed by atoms with E-state index in [-0.39, 0.29) is 5.91 Å². The van der Waals surface area contributed by atoms with Gasteiger partial charge in [0.05, 0.1) is 0 Å². The van der Waals surface area contributed by atoms with E-state index in [1.54, 1.807) is 6.92 Å². The van der Waals surface area contributed by atoms with Crippen LogP contribution in [0.1, 0.15) is 33.6 Å². The highest BCUT2D eigenvalue weighted by Gasteiger charge is 2.20. The number of amides is 1. The van der Waals surface area contributed by atoms with E-state index in [9.17, 15) is 4.79 Å². The minimum atomic E-state index is 0.179. The molecule has 62 valence electrons. The van der Waals surface area contributed by atoms with Crippen LogP contribution in [0.5, 0.6) is 0 Å². The predicted octanol–water partition coefficient (Wildman–Crippen LogP) is 1.92. The van der Waals surface area contributed by atoms with Crippen LogP contribution >= 0.6 is 0 Å². The highest BCUT2D eigenvalue weighted by molar-refractivity contribution is 5.75. The summed E-state index contributed by atoms with van der Waals surface area (Å²) < 4.78 is 0. The highest BCUT2D eigenvalue weighted by atomic mass is 16.2. The Morgan fingerprint density at radius 3 is 2.36 bits per heavy atom. The number of rotatable bonds is 0. The summed E-state index contributed by atoms with van der Waals surface area (Å²) in [5.74, 6) is 0.179. The molecule has 1 aliphatic heterocycles. The lowest BCUT2D eigenvalue weighted by Crippen LogP contribution is -2.23. The first-order chi connectivity index (χ1) is 5.13. The summed E-state index contributed by atoms with van der Waals surface area (Å²) in [5.41, 5.74) is 2.51. The first-order valence-electron chi connectivity index (χ1n) is 4.07. The number of hydrogen-bond donors (Lipinski definition) is 0. The van der Waals surface area contributed by atoms with Gasteiger partial charge in [0.2, 0.25) is 5.91 Å². The van der Waals surface area contributed by atoms with Crippen molar-refractivity contribution < 1.29 is 4.79 Å². The van der Waals surface area contributed by atoms with Gasteiger partial charge >= 0.3 is 0 Å². The molecule has 2 heteroatoms. The van der Waals surface area contributed by atoms with E-state index in [1.165, 1.54) is 11.3 Å². The topological polar surface area (TPSA) is 20.3 Å². The predicted molar refractivity (Wildman–Crippen MR) is 45.0 cm³/mol. The first-order valence-corrected chi connectivity index (χ1v) is 4.07. The Morgan fingerprint density at radius 1 is 1.36 bits per heavy atom. The van der Waals surface area contributed by atoms with Gasteiger partial charge in [0.15, 0.2) is 0 Å². The standard InChI is InChI=1S/C9H15NO/c1-7(2)9-5-4-6-10(9)8(3)11/h4-6H2,1-3H3. The Kier molecular flexibility index (Phi) is 2.32. The molecule has 0 radical (unpaired) electrons. The van der Waals surface area contributed by atoms with Gasteiger partial charge in [0.1, 0.15) is 0 Å². The largest absolute Gasteiger partial charge is 0.317 e. The fourth-order valence-electron chi connectivity index (χ4n) is 1.54. The van der Waals surface area contributed by atoms with Gasteiger partial charge in [-0.1, -0.05) is 5.57 Å². The number of likely N-dealkylation sites (tertiary alicyclic amines) is 1. The maximum Gasteiger partial charge on any atom is 0.223 e. The zero-order chi connectivity index (χ0) is 8.43. The molecular formula is C9H15NO. The molecule has 0 aliphatic carbocycles. The molecule has 2 nitrogen and oxygen atoms in total. The summed E-state index contributed by atoms with van der Waals surface area (Å²) in [4.78, 5) is 12.9. The molecular weight excluding hydrogens is 138 g/mol. The van der Waals surface area contributed by atoms with E-state index in [0.29, 0.717) is 0 Å². The molecule has 1 amide bonds. The van der Waals surface area contributed by atoms with Crippen molar-refractivity contribution in [3.63, 3.8) is 0 Å². The van der Waals surface area contributed by atoms with Crippen molar-refractivity contribution in [3.8, 4) is 0 Å². The fourth-order valence-corrected chi connectivity index (χ4v) is 1.54. The normalized spacial score (nSPS) is 17.4. The van der Waals surface area contributed by atoms with Crippen LogP contribution in [0.4, 0.5) is 0 Å². The van der Waals surface area contributed by atoms with Crippen LogP contribution in [0, 0.1) is 0 Å². The lowest BCUT2D eigenvalue weighted by Gasteiger charge is -2.16. The van der Waals surface area contributed by atoms with Crippen molar-refractivity contribution in [2.45, 2.75) is 33.6 Å². The number of carbonyl (C=O) groups excluding carboxylic acids is 1. The van der Waals surface area contributed by atoms with Gasteiger partial charge in [-0.2, -0.15) is 0 Å². The molecule has 0 unspecified atom stereocenters. The molecule has 0 aromatic heterocycles. The second kappa shape index (κ2) is 3.07. The lowest BCUT2D eigenvalue weighted by atomic mass is 10.2. The number of carbonyl (C=O) groups is 1. The van der Waals surface area contributed by atoms with Crippen LogP contribution in [0.3, 0.4) is 0 Å². The Morgan fingerprint density at radius 2 is 2.00 bits per heavy atom. The third kappa shape index (κ3) is 1.62. The Balaban J connectivity index is 2.82. The van der Waals surface area contributed by atoms with Crippen molar-refractivity contribution in [2.75, 3.05) is 6.54 Å². The monoisotopic (exact) mass is 153 g/mol. The van der Waals surface area contributed by atoms with Crippen LogP contribution in [0.15, 0.2) is 11.3 Å². The van der Waals surface area contributed by atoms with E-state index >= 15 is 0 Å². The van der Waals surface area contributed by atoms with Crippen molar-refractivity contribution in [3.05, 3.63) is 11.3 Å². The summed E-state index contributed by atoms with van der Waals surface area (Å²) in [6.07, 6.45) is 2.20. The molecule has 1 fully saturated rings. The summed E-state index contributed by atoms with van der Waals surface area (Å²) in [6.45, 7) is 6.68. The number of allylic oxidation sites excluding steroid dienone is 2. The minimum absolute atomic E-state index is 0.179. The summed E-state index contributed by atoms with van der Waals surface area (Å²) in [7, 11) is 0. The van der Waals surface area contributed by atoms with Crippen molar-refractivity contribution >= 4 is 5.91 Å². The second-order valence-corrected chi connectivity index (χ2v) is 3.22. The van der Waals surface area contributed by atoms with Gasteiger partial charge in [-0.25, -0.2) is 0 Å².